The van der Waals surface area contributed by atoms with Crippen molar-refractivity contribution in [3.8, 4) is 5.75 Å². The molecule has 1 aromatic heterocycles. The SMILES string of the molecule is COC(=O)Cc1cncc(O)c1Cl. The number of pyridine rings is 1. The average Bonchev–Trinajstić information content (AvgIpc) is 2.13. The molecule has 0 aliphatic carbocycles. The highest BCUT2D eigenvalue weighted by molar-refractivity contribution is 6.32. The molecule has 0 bridgehead atoms. The van der Waals surface area contributed by atoms with Gasteiger partial charge in [0.05, 0.1) is 24.8 Å². The molecule has 1 aromatic rings. The Morgan fingerprint density at radius 3 is 3.00 bits per heavy atom. The normalized spacial score (nSPS) is 9.69. The van der Waals surface area contributed by atoms with Crippen molar-refractivity contribution in [3.05, 3.63) is 23.0 Å². The largest absolute Gasteiger partial charge is 0.505 e. The van der Waals surface area contributed by atoms with Gasteiger partial charge >= 0.3 is 5.97 Å². The number of methoxy groups -OCH3 is 1. The third-order valence-corrected chi connectivity index (χ3v) is 1.93. The Balaban J connectivity index is 2.89. The molecular weight excluding hydrogens is 194 g/mol. The van der Waals surface area contributed by atoms with E-state index < -0.39 is 5.97 Å². The van der Waals surface area contributed by atoms with Crippen LogP contribution in [0.15, 0.2) is 12.4 Å². The summed E-state index contributed by atoms with van der Waals surface area (Å²) < 4.78 is 4.44. The van der Waals surface area contributed by atoms with Crippen molar-refractivity contribution in [2.75, 3.05) is 7.11 Å². The van der Waals surface area contributed by atoms with Gasteiger partial charge in [-0.1, -0.05) is 11.6 Å². The summed E-state index contributed by atoms with van der Waals surface area (Å²) in [6, 6.07) is 0. The molecule has 0 saturated heterocycles. The van der Waals surface area contributed by atoms with Gasteiger partial charge in [0.1, 0.15) is 0 Å². The van der Waals surface area contributed by atoms with Gasteiger partial charge in [0.25, 0.3) is 0 Å². The van der Waals surface area contributed by atoms with Gasteiger partial charge in [0.15, 0.2) is 5.75 Å². The van der Waals surface area contributed by atoms with Gasteiger partial charge in [0.2, 0.25) is 0 Å². The first-order valence-electron chi connectivity index (χ1n) is 3.53. The maximum absolute atomic E-state index is 10.9. The molecule has 1 heterocycles. The lowest BCUT2D eigenvalue weighted by Crippen LogP contribution is -2.05. The summed E-state index contributed by atoms with van der Waals surface area (Å²) in [5.41, 5.74) is 0.452. The van der Waals surface area contributed by atoms with Crippen LogP contribution < -0.4 is 0 Å². The fraction of sp³-hybridized carbons (Fsp3) is 0.250. The highest BCUT2D eigenvalue weighted by Gasteiger charge is 2.09. The topological polar surface area (TPSA) is 59.4 Å². The molecule has 0 fully saturated rings. The van der Waals surface area contributed by atoms with E-state index in [0.29, 0.717) is 5.56 Å². The van der Waals surface area contributed by atoms with E-state index >= 15 is 0 Å². The lowest BCUT2D eigenvalue weighted by atomic mass is 10.2. The molecular formula is C8H8ClNO3. The molecule has 1 N–H and O–H groups in total. The molecule has 0 saturated carbocycles. The first-order chi connectivity index (χ1) is 6.15. The first kappa shape index (κ1) is 9.80. The second kappa shape index (κ2) is 4.09. The van der Waals surface area contributed by atoms with Crippen molar-refractivity contribution >= 4 is 17.6 Å². The molecule has 0 aliphatic heterocycles. The van der Waals surface area contributed by atoms with E-state index in [1.165, 1.54) is 19.5 Å². The molecule has 0 amide bonds. The van der Waals surface area contributed by atoms with Gasteiger partial charge in [-0.3, -0.25) is 9.78 Å². The molecule has 13 heavy (non-hydrogen) atoms. The number of nitrogens with zero attached hydrogens (tertiary/aromatic N) is 1. The standard InChI is InChI=1S/C8H8ClNO3/c1-13-7(12)2-5-3-10-4-6(11)8(5)9/h3-4,11H,2H2,1H3. The lowest BCUT2D eigenvalue weighted by molar-refractivity contribution is -0.139. The second-order valence-corrected chi connectivity index (χ2v) is 2.76. The zero-order chi connectivity index (χ0) is 9.84. The number of aromatic hydroxyl groups is 1. The van der Waals surface area contributed by atoms with Crippen molar-refractivity contribution in [2.45, 2.75) is 6.42 Å². The van der Waals surface area contributed by atoms with Crippen LogP contribution in [0.5, 0.6) is 5.75 Å². The summed E-state index contributed by atoms with van der Waals surface area (Å²) in [4.78, 5) is 14.5. The van der Waals surface area contributed by atoms with Crippen LogP contribution in [-0.4, -0.2) is 23.2 Å². The Morgan fingerprint density at radius 2 is 2.38 bits per heavy atom. The van der Waals surface area contributed by atoms with Gasteiger partial charge in [-0.05, 0) is 0 Å². The predicted molar refractivity (Wildman–Crippen MR) is 46.6 cm³/mol. The molecule has 0 unspecified atom stereocenters. The number of carbonyl (C=O) groups excluding carboxylic acids is 1. The van der Waals surface area contributed by atoms with E-state index in [1.54, 1.807) is 0 Å². The van der Waals surface area contributed by atoms with E-state index in [4.69, 9.17) is 16.7 Å². The second-order valence-electron chi connectivity index (χ2n) is 2.38. The monoisotopic (exact) mass is 201 g/mol. The van der Waals surface area contributed by atoms with Gasteiger partial charge in [-0.25, -0.2) is 0 Å². The minimum atomic E-state index is -0.422. The Labute approximate surface area is 80.1 Å². The minimum Gasteiger partial charge on any atom is -0.505 e. The highest BCUT2D eigenvalue weighted by atomic mass is 35.5. The van der Waals surface area contributed by atoms with E-state index in [0.717, 1.165) is 0 Å². The Hall–Kier alpha value is -1.29. The maximum atomic E-state index is 10.9. The smallest absolute Gasteiger partial charge is 0.310 e. The maximum Gasteiger partial charge on any atom is 0.310 e. The van der Waals surface area contributed by atoms with Gasteiger partial charge < -0.3 is 9.84 Å². The van der Waals surface area contributed by atoms with Crippen LogP contribution in [0.25, 0.3) is 0 Å². The molecule has 0 spiro atoms. The van der Waals surface area contributed by atoms with Crippen LogP contribution in [0, 0.1) is 0 Å². The number of hydrogen-bond donors (Lipinski definition) is 1. The molecule has 5 heteroatoms. The number of esters is 1. The minimum absolute atomic E-state index is 0.0106. The molecule has 0 radical (unpaired) electrons. The molecule has 0 aromatic carbocycles. The number of halogens is 1. The first-order valence-corrected chi connectivity index (χ1v) is 3.91. The van der Waals surface area contributed by atoms with Crippen molar-refractivity contribution < 1.29 is 14.6 Å². The van der Waals surface area contributed by atoms with Crippen molar-refractivity contribution in [3.63, 3.8) is 0 Å². The van der Waals surface area contributed by atoms with E-state index in [2.05, 4.69) is 9.72 Å². The van der Waals surface area contributed by atoms with Crippen molar-refractivity contribution in [1.29, 1.82) is 0 Å². The Morgan fingerprint density at radius 1 is 1.69 bits per heavy atom. The molecule has 4 nitrogen and oxygen atoms in total. The average molecular weight is 202 g/mol. The zero-order valence-corrected chi connectivity index (χ0v) is 7.71. The zero-order valence-electron chi connectivity index (χ0n) is 6.95. The van der Waals surface area contributed by atoms with Crippen LogP contribution >= 0.6 is 11.6 Å². The van der Waals surface area contributed by atoms with E-state index in [1.807, 2.05) is 0 Å². The molecule has 0 aliphatic rings. The lowest BCUT2D eigenvalue weighted by Gasteiger charge is -2.02. The number of rotatable bonds is 2. The third kappa shape index (κ3) is 2.32. The van der Waals surface area contributed by atoms with E-state index in [9.17, 15) is 4.79 Å². The van der Waals surface area contributed by atoms with Crippen LogP contribution in [0.1, 0.15) is 5.56 Å². The van der Waals surface area contributed by atoms with Crippen LogP contribution in [0.4, 0.5) is 0 Å². The van der Waals surface area contributed by atoms with Crippen molar-refractivity contribution in [2.24, 2.45) is 0 Å². The van der Waals surface area contributed by atoms with Gasteiger partial charge in [-0.15, -0.1) is 0 Å². The summed E-state index contributed by atoms with van der Waals surface area (Å²) in [5, 5.41) is 9.28. The predicted octanol–water partition coefficient (Wildman–Crippen LogP) is 1.16. The third-order valence-electron chi connectivity index (χ3n) is 1.50. The summed E-state index contributed by atoms with van der Waals surface area (Å²) >= 11 is 5.70. The fourth-order valence-electron chi connectivity index (χ4n) is 0.827. The Bertz CT molecular complexity index is 327. The Kier molecular flexibility index (Phi) is 3.08. The van der Waals surface area contributed by atoms with Gasteiger partial charge in [0, 0.05) is 11.8 Å². The van der Waals surface area contributed by atoms with E-state index in [-0.39, 0.29) is 17.2 Å². The van der Waals surface area contributed by atoms with Gasteiger partial charge in [-0.2, -0.15) is 0 Å². The number of hydrogen-bond acceptors (Lipinski definition) is 4. The molecule has 70 valence electrons. The fourth-order valence-corrected chi connectivity index (χ4v) is 0.991. The summed E-state index contributed by atoms with van der Waals surface area (Å²) in [6.07, 6.45) is 2.64. The summed E-state index contributed by atoms with van der Waals surface area (Å²) in [5.74, 6) is -0.558. The summed E-state index contributed by atoms with van der Waals surface area (Å²) in [7, 11) is 1.28. The quantitative estimate of drug-likeness (QED) is 0.730. The number of aromatic nitrogens is 1. The summed E-state index contributed by atoms with van der Waals surface area (Å²) in [6.45, 7) is 0. The van der Waals surface area contributed by atoms with Crippen LogP contribution in [0.2, 0.25) is 5.02 Å². The highest BCUT2D eigenvalue weighted by Crippen LogP contribution is 2.25. The molecule has 1 rings (SSSR count). The molecule has 0 atom stereocenters. The van der Waals surface area contributed by atoms with Crippen molar-refractivity contribution in [1.82, 2.24) is 4.98 Å². The van der Waals surface area contributed by atoms with Crippen LogP contribution in [-0.2, 0) is 16.0 Å². The number of carbonyl (C=O) groups is 1. The van der Waals surface area contributed by atoms with Crippen LogP contribution in [0.3, 0.4) is 0 Å². The number of ether oxygens (including phenoxy) is 1.